The number of pyridine rings is 1. The molecule has 19 heavy (non-hydrogen) atoms. The minimum Gasteiger partial charge on any atom is -0.462 e. The van der Waals surface area contributed by atoms with E-state index in [0.717, 1.165) is 18.2 Å². The fourth-order valence-corrected chi connectivity index (χ4v) is 2.29. The van der Waals surface area contributed by atoms with Crippen molar-refractivity contribution >= 4 is 28.5 Å². The van der Waals surface area contributed by atoms with Gasteiger partial charge in [0.05, 0.1) is 17.8 Å². The van der Waals surface area contributed by atoms with Crippen LogP contribution in [0, 0.1) is 0 Å². The maximum atomic E-state index is 12.2. The summed E-state index contributed by atoms with van der Waals surface area (Å²) in [6.45, 7) is 4.41. The molecule has 2 aromatic rings. The van der Waals surface area contributed by atoms with Crippen molar-refractivity contribution in [2.24, 2.45) is 0 Å². The molecule has 0 aliphatic carbocycles. The predicted octanol–water partition coefficient (Wildman–Crippen LogP) is 3.74. The highest BCUT2D eigenvalue weighted by Crippen LogP contribution is 2.27. The summed E-state index contributed by atoms with van der Waals surface area (Å²) < 4.78 is 5.24. The third kappa shape index (κ3) is 2.73. The minimum absolute atomic E-state index is 0.332. The van der Waals surface area contributed by atoms with Crippen LogP contribution < -0.4 is 0 Å². The van der Waals surface area contributed by atoms with Crippen molar-refractivity contribution < 1.29 is 9.53 Å². The Balaban J connectivity index is 2.54. The maximum Gasteiger partial charge on any atom is 0.342 e. The van der Waals surface area contributed by atoms with Crippen LogP contribution in [0.5, 0.6) is 0 Å². The Morgan fingerprint density at radius 3 is 2.89 bits per heavy atom. The first-order valence-corrected chi connectivity index (χ1v) is 6.89. The van der Waals surface area contributed by atoms with Crippen molar-refractivity contribution in [3.8, 4) is 0 Å². The lowest BCUT2D eigenvalue weighted by Crippen LogP contribution is -2.11. The van der Waals surface area contributed by atoms with Crippen LogP contribution in [0.2, 0.25) is 5.15 Å². The Labute approximate surface area is 117 Å². The quantitative estimate of drug-likeness (QED) is 0.670. The fraction of sp³-hybridized carbons (Fsp3) is 0.429. The average Bonchev–Trinajstić information content (AvgIpc) is 2.86. The zero-order chi connectivity index (χ0) is 13.8. The molecule has 0 aromatic carbocycles. The molecular weight excluding hydrogens is 264 g/mol. The van der Waals surface area contributed by atoms with Crippen LogP contribution in [0.1, 0.15) is 42.7 Å². The summed E-state index contributed by atoms with van der Waals surface area (Å²) >= 11 is 6.14. The van der Waals surface area contributed by atoms with Crippen LogP contribution in [0.4, 0.5) is 0 Å². The van der Waals surface area contributed by atoms with Gasteiger partial charge in [0.25, 0.3) is 0 Å². The Morgan fingerprint density at radius 1 is 1.42 bits per heavy atom. The average molecular weight is 281 g/mol. The van der Waals surface area contributed by atoms with Crippen molar-refractivity contribution in [1.29, 1.82) is 0 Å². The van der Waals surface area contributed by atoms with Crippen LogP contribution in [-0.4, -0.2) is 22.5 Å². The van der Waals surface area contributed by atoms with Gasteiger partial charge in [0.15, 0.2) is 0 Å². The molecule has 0 spiro atoms. The number of ether oxygens (including phenoxy) is 1. The Hall–Kier alpha value is -1.55. The lowest BCUT2D eigenvalue weighted by molar-refractivity contribution is 0.0505. The highest BCUT2D eigenvalue weighted by molar-refractivity contribution is 6.34. The summed E-state index contributed by atoms with van der Waals surface area (Å²) in [5.74, 6) is -0.332. The topological polar surface area (TPSA) is 55.0 Å². The second kappa shape index (κ2) is 6.06. The number of carbonyl (C=O) groups excluding carboxylic acids is 1. The van der Waals surface area contributed by atoms with Gasteiger partial charge in [0, 0.05) is 11.6 Å². The normalized spacial score (nSPS) is 10.9. The molecule has 102 valence electrons. The SMILES string of the molecule is CCCOC(=O)c1c(CCC)nc(Cl)c2cc[nH]c12. The highest BCUT2D eigenvalue weighted by atomic mass is 35.5. The second-order valence-electron chi connectivity index (χ2n) is 4.38. The zero-order valence-corrected chi connectivity index (χ0v) is 11.9. The van der Waals surface area contributed by atoms with Crippen LogP contribution in [0.25, 0.3) is 10.9 Å². The first-order chi connectivity index (χ1) is 9.19. The van der Waals surface area contributed by atoms with E-state index in [0.29, 0.717) is 35.0 Å². The van der Waals surface area contributed by atoms with Gasteiger partial charge in [-0.2, -0.15) is 0 Å². The number of carbonyl (C=O) groups is 1. The van der Waals surface area contributed by atoms with Crippen molar-refractivity contribution in [1.82, 2.24) is 9.97 Å². The van der Waals surface area contributed by atoms with Crippen molar-refractivity contribution in [3.63, 3.8) is 0 Å². The molecule has 0 amide bonds. The van der Waals surface area contributed by atoms with E-state index in [1.807, 2.05) is 19.9 Å². The van der Waals surface area contributed by atoms with E-state index < -0.39 is 0 Å². The van der Waals surface area contributed by atoms with Gasteiger partial charge in [-0.3, -0.25) is 0 Å². The largest absolute Gasteiger partial charge is 0.462 e. The molecule has 2 aromatic heterocycles. The van der Waals surface area contributed by atoms with Crippen LogP contribution in [0.15, 0.2) is 12.3 Å². The summed E-state index contributed by atoms with van der Waals surface area (Å²) in [6, 6.07) is 1.82. The van der Waals surface area contributed by atoms with Gasteiger partial charge in [-0.15, -0.1) is 0 Å². The van der Waals surface area contributed by atoms with E-state index >= 15 is 0 Å². The molecule has 0 aliphatic heterocycles. The Bertz CT molecular complexity index is 592. The van der Waals surface area contributed by atoms with E-state index in [-0.39, 0.29) is 5.97 Å². The maximum absolute atomic E-state index is 12.2. The first kappa shape index (κ1) is 13.9. The van der Waals surface area contributed by atoms with Gasteiger partial charge in [-0.05, 0) is 18.9 Å². The van der Waals surface area contributed by atoms with Crippen molar-refractivity contribution in [2.45, 2.75) is 33.1 Å². The van der Waals surface area contributed by atoms with E-state index in [9.17, 15) is 4.79 Å². The van der Waals surface area contributed by atoms with Gasteiger partial charge in [0.1, 0.15) is 10.7 Å². The molecule has 0 saturated heterocycles. The summed E-state index contributed by atoms with van der Waals surface area (Å²) in [6.07, 6.45) is 4.14. The van der Waals surface area contributed by atoms with Crippen molar-refractivity contribution in [2.75, 3.05) is 6.61 Å². The number of H-pyrrole nitrogens is 1. The lowest BCUT2D eigenvalue weighted by Gasteiger charge is -2.10. The van der Waals surface area contributed by atoms with Gasteiger partial charge >= 0.3 is 5.97 Å². The van der Waals surface area contributed by atoms with Gasteiger partial charge in [-0.1, -0.05) is 31.9 Å². The molecule has 4 nitrogen and oxygen atoms in total. The third-order valence-corrected chi connectivity index (χ3v) is 3.16. The molecule has 0 saturated carbocycles. The van der Waals surface area contributed by atoms with E-state index in [1.165, 1.54) is 0 Å². The Kier molecular flexibility index (Phi) is 4.43. The summed E-state index contributed by atoms with van der Waals surface area (Å²) in [5.41, 5.74) is 1.92. The van der Waals surface area contributed by atoms with E-state index in [1.54, 1.807) is 6.20 Å². The molecule has 0 radical (unpaired) electrons. The number of esters is 1. The second-order valence-corrected chi connectivity index (χ2v) is 4.73. The monoisotopic (exact) mass is 280 g/mol. The number of nitrogens with one attached hydrogen (secondary N) is 1. The summed E-state index contributed by atoms with van der Waals surface area (Å²) in [7, 11) is 0. The number of aromatic nitrogens is 2. The number of hydrogen-bond acceptors (Lipinski definition) is 3. The van der Waals surface area contributed by atoms with E-state index in [4.69, 9.17) is 16.3 Å². The van der Waals surface area contributed by atoms with Crippen LogP contribution in [0.3, 0.4) is 0 Å². The molecule has 2 heterocycles. The first-order valence-electron chi connectivity index (χ1n) is 6.51. The van der Waals surface area contributed by atoms with Crippen LogP contribution in [-0.2, 0) is 11.2 Å². The number of aryl methyl sites for hydroxylation is 1. The number of halogens is 1. The molecular formula is C14H17ClN2O2. The van der Waals surface area contributed by atoms with Gasteiger partial charge in [-0.25, -0.2) is 9.78 Å². The number of fused-ring (bicyclic) bond motifs is 1. The zero-order valence-electron chi connectivity index (χ0n) is 11.1. The summed E-state index contributed by atoms with van der Waals surface area (Å²) in [5, 5.41) is 1.18. The molecule has 0 unspecified atom stereocenters. The van der Waals surface area contributed by atoms with Gasteiger partial charge < -0.3 is 9.72 Å². The number of aromatic amines is 1. The molecule has 0 bridgehead atoms. The van der Waals surface area contributed by atoms with E-state index in [2.05, 4.69) is 9.97 Å². The number of nitrogens with zero attached hydrogens (tertiary/aromatic N) is 1. The van der Waals surface area contributed by atoms with Crippen molar-refractivity contribution in [3.05, 3.63) is 28.7 Å². The fourth-order valence-electron chi connectivity index (χ4n) is 2.03. The Morgan fingerprint density at radius 2 is 2.21 bits per heavy atom. The lowest BCUT2D eigenvalue weighted by atomic mass is 10.1. The summed E-state index contributed by atoms with van der Waals surface area (Å²) in [4.78, 5) is 19.6. The smallest absolute Gasteiger partial charge is 0.342 e. The third-order valence-electron chi connectivity index (χ3n) is 2.87. The number of hydrogen-bond donors (Lipinski definition) is 1. The standard InChI is InChI=1S/C14H17ClN2O2/c1-3-5-10-11(14(18)19-8-4-2)12-9(6-7-16-12)13(15)17-10/h6-7,16H,3-5,8H2,1-2H3. The molecule has 0 fully saturated rings. The molecule has 0 aliphatic rings. The van der Waals surface area contributed by atoms with Crippen LogP contribution >= 0.6 is 11.6 Å². The highest BCUT2D eigenvalue weighted by Gasteiger charge is 2.20. The molecule has 5 heteroatoms. The molecule has 1 N–H and O–H groups in total. The molecule has 2 rings (SSSR count). The molecule has 0 atom stereocenters. The minimum atomic E-state index is -0.332. The van der Waals surface area contributed by atoms with Gasteiger partial charge in [0.2, 0.25) is 0 Å². The number of rotatable bonds is 5. The predicted molar refractivity (Wildman–Crippen MR) is 75.7 cm³/mol.